The summed E-state index contributed by atoms with van der Waals surface area (Å²) in [5.41, 5.74) is 2.03. The van der Waals surface area contributed by atoms with Crippen LogP contribution in [0.15, 0.2) is 17.0 Å². The highest BCUT2D eigenvalue weighted by atomic mass is 32.2. The van der Waals surface area contributed by atoms with Crippen LogP contribution in [-0.4, -0.2) is 49.3 Å². The quantitative estimate of drug-likeness (QED) is 0.796. The van der Waals surface area contributed by atoms with Gasteiger partial charge < -0.3 is 10.4 Å². The van der Waals surface area contributed by atoms with E-state index in [2.05, 4.69) is 5.32 Å². The lowest BCUT2D eigenvalue weighted by atomic mass is 10.1. The fourth-order valence-electron chi connectivity index (χ4n) is 2.50. The lowest BCUT2D eigenvalue weighted by Crippen LogP contribution is -2.49. The molecule has 0 saturated heterocycles. The highest BCUT2D eigenvalue weighted by Crippen LogP contribution is 2.25. The molecule has 0 aromatic heterocycles. The smallest absolute Gasteiger partial charge is 0.323 e. The number of amides is 1. The van der Waals surface area contributed by atoms with Gasteiger partial charge in [0, 0.05) is 20.5 Å². The number of carboxylic acids is 1. The highest BCUT2D eigenvalue weighted by Gasteiger charge is 2.34. The van der Waals surface area contributed by atoms with Crippen LogP contribution in [0.5, 0.6) is 0 Å². The van der Waals surface area contributed by atoms with Gasteiger partial charge >= 0.3 is 5.97 Å². The average Bonchev–Trinajstić information content (AvgIpc) is 2.35. The number of nitrogens with one attached hydrogen (secondary N) is 1. The number of rotatable bonds is 6. The molecule has 23 heavy (non-hydrogen) atoms. The van der Waals surface area contributed by atoms with Gasteiger partial charge in [-0.25, -0.2) is 8.42 Å². The van der Waals surface area contributed by atoms with E-state index in [0.717, 1.165) is 9.87 Å². The van der Waals surface area contributed by atoms with E-state index >= 15 is 0 Å². The molecule has 0 saturated carbocycles. The van der Waals surface area contributed by atoms with Gasteiger partial charge in [0.25, 0.3) is 0 Å². The second-order valence-electron chi connectivity index (χ2n) is 5.54. The molecule has 0 aliphatic heterocycles. The van der Waals surface area contributed by atoms with Crippen LogP contribution in [0.25, 0.3) is 0 Å². The van der Waals surface area contributed by atoms with E-state index in [0.29, 0.717) is 11.1 Å². The number of sulfonamides is 1. The van der Waals surface area contributed by atoms with E-state index in [1.54, 1.807) is 26.0 Å². The summed E-state index contributed by atoms with van der Waals surface area (Å²) in [5.74, 6) is -1.75. The molecule has 1 aromatic carbocycles. The summed E-state index contributed by atoms with van der Waals surface area (Å²) < 4.78 is 26.4. The Labute approximate surface area is 136 Å². The molecule has 0 heterocycles. The molecule has 1 atom stereocenters. The van der Waals surface area contributed by atoms with Gasteiger partial charge in [-0.3, -0.25) is 9.59 Å². The predicted molar refractivity (Wildman–Crippen MR) is 85.7 cm³/mol. The van der Waals surface area contributed by atoms with Gasteiger partial charge in [0.1, 0.15) is 6.04 Å². The third-order valence-corrected chi connectivity index (χ3v) is 5.68. The summed E-state index contributed by atoms with van der Waals surface area (Å²) in [6.07, 6.45) is 0. The molecule has 0 unspecified atom stereocenters. The fraction of sp³-hybridized carbons (Fsp3) is 0.467. The minimum absolute atomic E-state index is 0.0969. The van der Waals surface area contributed by atoms with Gasteiger partial charge in [0.2, 0.25) is 15.9 Å². The lowest BCUT2D eigenvalue weighted by molar-refractivity contribution is -0.141. The van der Waals surface area contributed by atoms with Crippen LogP contribution in [-0.2, 0) is 19.6 Å². The summed E-state index contributed by atoms with van der Waals surface area (Å²) in [6, 6.07) is 2.08. The number of benzene rings is 1. The first kappa shape index (κ1) is 19.1. The zero-order valence-corrected chi connectivity index (χ0v) is 14.7. The van der Waals surface area contributed by atoms with Crippen LogP contribution in [0, 0.1) is 20.8 Å². The van der Waals surface area contributed by atoms with Gasteiger partial charge in [0.05, 0.1) is 4.90 Å². The molecule has 8 heteroatoms. The minimum Gasteiger partial charge on any atom is -0.480 e. The standard InChI is InChI=1S/C15H22N2O5S/c1-9-6-10(2)14(11(3)7-9)23(21,22)17(5)13(15(19)20)8-16-12(4)18/h6-7,13H,8H2,1-5H3,(H,16,18)(H,19,20)/t13-/m1/s1. The molecule has 0 aliphatic rings. The maximum atomic E-state index is 12.8. The van der Waals surface area contributed by atoms with Crippen molar-refractivity contribution in [3.05, 3.63) is 28.8 Å². The first-order valence-corrected chi connectivity index (χ1v) is 8.45. The van der Waals surface area contributed by atoms with Gasteiger partial charge in [-0.1, -0.05) is 17.7 Å². The van der Waals surface area contributed by atoms with Gasteiger partial charge in [-0.05, 0) is 31.9 Å². The number of hydrogen-bond donors (Lipinski definition) is 2. The molecule has 1 rings (SSSR count). The summed E-state index contributed by atoms with van der Waals surface area (Å²) in [7, 11) is -2.80. The maximum absolute atomic E-state index is 12.8. The second kappa shape index (κ2) is 7.10. The largest absolute Gasteiger partial charge is 0.480 e. The number of aliphatic carboxylic acids is 1. The third-order valence-electron chi connectivity index (χ3n) is 3.51. The third kappa shape index (κ3) is 4.29. The molecule has 0 aliphatic carbocycles. The van der Waals surface area contributed by atoms with Crippen molar-refractivity contribution in [2.75, 3.05) is 13.6 Å². The molecule has 0 bridgehead atoms. The Kier molecular flexibility index (Phi) is 5.90. The normalized spacial score (nSPS) is 13.0. The summed E-state index contributed by atoms with van der Waals surface area (Å²) in [4.78, 5) is 22.5. The van der Waals surface area contributed by atoms with Crippen LogP contribution in [0.3, 0.4) is 0 Å². The predicted octanol–water partition coefficient (Wildman–Crippen LogP) is 0.822. The maximum Gasteiger partial charge on any atom is 0.323 e. The Hall–Kier alpha value is -1.93. The number of carbonyl (C=O) groups excluding carboxylic acids is 1. The molecule has 128 valence electrons. The van der Waals surface area contributed by atoms with Crippen LogP contribution >= 0.6 is 0 Å². The molecular formula is C15H22N2O5S. The second-order valence-corrected chi connectivity index (χ2v) is 7.47. The zero-order chi connectivity index (χ0) is 17.9. The van der Waals surface area contributed by atoms with Crippen molar-refractivity contribution in [1.82, 2.24) is 9.62 Å². The molecule has 0 fully saturated rings. The van der Waals surface area contributed by atoms with E-state index < -0.39 is 27.9 Å². The van der Waals surface area contributed by atoms with E-state index in [-0.39, 0.29) is 11.4 Å². The first-order valence-electron chi connectivity index (χ1n) is 7.01. The van der Waals surface area contributed by atoms with Crippen LogP contribution in [0.2, 0.25) is 0 Å². The SMILES string of the molecule is CC(=O)NC[C@H](C(=O)O)N(C)S(=O)(=O)c1c(C)cc(C)cc1C. The Morgan fingerprint density at radius 1 is 1.22 bits per heavy atom. The van der Waals surface area contributed by atoms with E-state index in [1.165, 1.54) is 14.0 Å². The van der Waals surface area contributed by atoms with Crippen LogP contribution in [0.4, 0.5) is 0 Å². The monoisotopic (exact) mass is 342 g/mol. The Balaban J connectivity index is 3.30. The van der Waals surface area contributed by atoms with Crippen molar-refractivity contribution in [3.8, 4) is 0 Å². The van der Waals surface area contributed by atoms with Crippen molar-refractivity contribution in [1.29, 1.82) is 0 Å². The topological polar surface area (TPSA) is 104 Å². The van der Waals surface area contributed by atoms with Gasteiger partial charge in [-0.2, -0.15) is 4.31 Å². The van der Waals surface area contributed by atoms with Crippen molar-refractivity contribution in [2.45, 2.75) is 38.6 Å². The number of carbonyl (C=O) groups is 2. The van der Waals surface area contributed by atoms with Crippen LogP contribution in [0.1, 0.15) is 23.6 Å². The molecule has 0 spiro atoms. The Morgan fingerprint density at radius 2 is 1.70 bits per heavy atom. The fourth-order valence-corrected chi connectivity index (χ4v) is 4.22. The van der Waals surface area contributed by atoms with E-state index in [4.69, 9.17) is 0 Å². The number of likely N-dealkylation sites (N-methyl/N-ethyl adjacent to an activating group) is 1. The molecule has 2 N–H and O–H groups in total. The number of carboxylic acid groups (broad SMARTS) is 1. The Bertz CT molecular complexity index is 704. The molecule has 0 radical (unpaired) electrons. The van der Waals surface area contributed by atoms with Crippen LogP contribution < -0.4 is 5.32 Å². The summed E-state index contributed by atoms with van der Waals surface area (Å²) >= 11 is 0. The van der Waals surface area contributed by atoms with E-state index in [9.17, 15) is 23.1 Å². The van der Waals surface area contributed by atoms with Crippen molar-refractivity contribution >= 4 is 21.9 Å². The van der Waals surface area contributed by atoms with Crippen molar-refractivity contribution < 1.29 is 23.1 Å². The molecule has 1 aromatic rings. The summed E-state index contributed by atoms with van der Waals surface area (Å²) in [6.45, 7) is 6.14. The van der Waals surface area contributed by atoms with Gasteiger partial charge in [0.15, 0.2) is 0 Å². The molecular weight excluding hydrogens is 320 g/mol. The number of aryl methyl sites for hydroxylation is 3. The number of hydrogen-bond acceptors (Lipinski definition) is 4. The zero-order valence-electron chi connectivity index (χ0n) is 13.9. The number of nitrogens with zero attached hydrogens (tertiary/aromatic N) is 1. The molecule has 1 amide bonds. The Morgan fingerprint density at radius 3 is 2.09 bits per heavy atom. The van der Waals surface area contributed by atoms with Crippen molar-refractivity contribution in [2.24, 2.45) is 0 Å². The van der Waals surface area contributed by atoms with Crippen molar-refractivity contribution in [3.63, 3.8) is 0 Å². The van der Waals surface area contributed by atoms with Gasteiger partial charge in [-0.15, -0.1) is 0 Å². The highest BCUT2D eigenvalue weighted by molar-refractivity contribution is 7.89. The average molecular weight is 342 g/mol. The van der Waals surface area contributed by atoms with E-state index in [1.807, 2.05) is 6.92 Å². The minimum atomic E-state index is -4.01. The summed E-state index contributed by atoms with van der Waals surface area (Å²) in [5, 5.41) is 11.6. The molecule has 7 nitrogen and oxygen atoms in total. The first-order chi connectivity index (χ1) is 10.5. The lowest BCUT2D eigenvalue weighted by Gasteiger charge is -2.26.